The molecular formula is C11H8N4O3. The first-order valence-corrected chi connectivity index (χ1v) is 5.21. The minimum Gasteiger partial charge on any atom is -0.618 e. The van der Waals surface area contributed by atoms with Crippen molar-refractivity contribution < 1.29 is 4.73 Å². The summed E-state index contributed by atoms with van der Waals surface area (Å²) in [6.45, 7) is 0. The summed E-state index contributed by atoms with van der Waals surface area (Å²) in [6, 6.07) is 6.79. The molecule has 2 aliphatic rings. The molecule has 1 aromatic carbocycles. The van der Waals surface area contributed by atoms with Crippen molar-refractivity contribution in [2.24, 2.45) is 7.05 Å². The molecule has 0 saturated heterocycles. The van der Waals surface area contributed by atoms with E-state index in [1.807, 2.05) is 4.98 Å². The number of rotatable bonds is 0. The molecule has 7 heteroatoms. The number of H-pyrrole nitrogens is 1. The van der Waals surface area contributed by atoms with Gasteiger partial charge in [0, 0.05) is 13.1 Å². The number of aromatic nitrogens is 4. The molecule has 0 radical (unpaired) electrons. The van der Waals surface area contributed by atoms with Gasteiger partial charge in [-0.2, -0.15) is 9.71 Å². The SMILES string of the molecule is Cn1c2nc(=O)[nH]c(=O)c-2[n+]([O-])c2ccccc21. The number of aromatic amines is 1. The monoisotopic (exact) mass is 244 g/mol. The van der Waals surface area contributed by atoms with E-state index in [1.54, 1.807) is 35.9 Å². The Balaban J connectivity index is 2.71. The minimum absolute atomic E-state index is 0.0671. The van der Waals surface area contributed by atoms with E-state index in [0.29, 0.717) is 15.8 Å². The summed E-state index contributed by atoms with van der Waals surface area (Å²) in [6.07, 6.45) is 0. The summed E-state index contributed by atoms with van der Waals surface area (Å²) >= 11 is 0. The first kappa shape index (κ1) is 10.5. The van der Waals surface area contributed by atoms with Gasteiger partial charge in [0.2, 0.25) is 11.3 Å². The number of nitrogens with zero attached hydrogens (tertiary/aromatic N) is 3. The Bertz CT molecular complexity index is 849. The largest absolute Gasteiger partial charge is 0.618 e. The van der Waals surface area contributed by atoms with Gasteiger partial charge in [-0.1, -0.05) is 12.1 Å². The molecule has 2 heterocycles. The molecule has 18 heavy (non-hydrogen) atoms. The predicted molar refractivity (Wildman–Crippen MR) is 63.2 cm³/mol. The van der Waals surface area contributed by atoms with Crippen molar-refractivity contribution >= 4 is 11.0 Å². The van der Waals surface area contributed by atoms with Gasteiger partial charge in [-0.25, -0.2) is 4.79 Å². The summed E-state index contributed by atoms with van der Waals surface area (Å²) in [5.74, 6) is 0.0671. The molecule has 0 unspecified atom stereocenters. The summed E-state index contributed by atoms with van der Waals surface area (Å²) in [5, 5.41) is 12.1. The summed E-state index contributed by atoms with van der Waals surface area (Å²) in [7, 11) is 1.65. The van der Waals surface area contributed by atoms with Gasteiger partial charge in [0.1, 0.15) is 5.52 Å². The molecule has 0 amide bonds. The fraction of sp³-hybridized carbons (Fsp3) is 0.0909. The van der Waals surface area contributed by atoms with Crippen molar-refractivity contribution in [1.82, 2.24) is 14.5 Å². The zero-order valence-corrected chi connectivity index (χ0v) is 9.38. The van der Waals surface area contributed by atoms with Crippen molar-refractivity contribution in [3.8, 4) is 11.5 Å². The van der Waals surface area contributed by atoms with Crippen LogP contribution in [0.5, 0.6) is 0 Å². The average Bonchev–Trinajstić information content (AvgIpc) is 2.35. The second kappa shape index (κ2) is 3.39. The van der Waals surface area contributed by atoms with Crippen LogP contribution in [0.3, 0.4) is 0 Å². The van der Waals surface area contributed by atoms with Gasteiger partial charge in [0.25, 0.3) is 0 Å². The Labute approximate surface area is 99.9 Å². The molecule has 0 atom stereocenters. The highest BCUT2D eigenvalue weighted by Crippen LogP contribution is 2.16. The Hall–Kier alpha value is -2.70. The molecule has 3 rings (SSSR count). The Morgan fingerprint density at radius 1 is 1.33 bits per heavy atom. The molecule has 90 valence electrons. The third-order valence-electron chi connectivity index (χ3n) is 2.84. The van der Waals surface area contributed by atoms with Gasteiger partial charge in [-0.15, -0.1) is 0 Å². The normalized spacial score (nSPS) is 11.2. The van der Waals surface area contributed by atoms with Crippen LogP contribution in [0.15, 0.2) is 33.9 Å². The fourth-order valence-electron chi connectivity index (χ4n) is 2.01. The number of nitrogens with one attached hydrogen (secondary N) is 1. The lowest BCUT2D eigenvalue weighted by Gasteiger charge is -2.12. The van der Waals surface area contributed by atoms with Crippen LogP contribution < -0.4 is 16.0 Å². The first-order chi connectivity index (χ1) is 8.59. The van der Waals surface area contributed by atoms with E-state index in [1.165, 1.54) is 0 Å². The maximum Gasteiger partial charge on any atom is 0.350 e. The second-order valence-electron chi connectivity index (χ2n) is 3.89. The number of para-hydroxylation sites is 2. The predicted octanol–water partition coefficient (Wildman–Crippen LogP) is -0.640. The van der Waals surface area contributed by atoms with Crippen molar-refractivity contribution in [2.75, 3.05) is 0 Å². The summed E-state index contributed by atoms with van der Waals surface area (Å²) in [4.78, 5) is 28.6. The number of fused-ring (bicyclic) bond motifs is 2. The highest BCUT2D eigenvalue weighted by Gasteiger charge is 2.25. The Morgan fingerprint density at radius 3 is 2.83 bits per heavy atom. The molecule has 7 nitrogen and oxygen atoms in total. The number of aryl methyl sites for hydroxylation is 1. The molecule has 0 bridgehead atoms. The molecule has 1 N–H and O–H groups in total. The lowest BCUT2D eigenvalue weighted by Crippen LogP contribution is -2.42. The lowest BCUT2D eigenvalue weighted by atomic mass is 10.2. The van der Waals surface area contributed by atoms with Crippen LogP contribution in [0, 0.1) is 5.21 Å². The molecule has 0 aromatic heterocycles. The van der Waals surface area contributed by atoms with E-state index in [-0.39, 0.29) is 11.5 Å². The van der Waals surface area contributed by atoms with Gasteiger partial charge in [0.15, 0.2) is 0 Å². The topological polar surface area (TPSA) is 94.7 Å². The van der Waals surface area contributed by atoms with Crippen LogP contribution in [0.2, 0.25) is 0 Å². The van der Waals surface area contributed by atoms with Crippen LogP contribution >= 0.6 is 0 Å². The van der Waals surface area contributed by atoms with Gasteiger partial charge >= 0.3 is 16.9 Å². The van der Waals surface area contributed by atoms with Crippen LogP contribution in [-0.4, -0.2) is 14.5 Å². The zero-order chi connectivity index (χ0) is 12.9. The standard InChI is InChI=1S/C11H8N4O3/c1-14-6-4-2-3-5-7(6)15(18)8-9(14)12-11(17)13-10(8)16/h2-5H,1H3,(H,13,16,17). The molecule has 1 aromatic rings. The van der Waals surface area contributed by atoms with E-state index >= 15 is 0 Å². The highest BCUT2D eigenvalue weighted by molar-refractivity contribution is 5.74. The van der Waals surface area contributed by atoms with Crippen LogP contribution in [-0.2, 0) is 7.05 Å². The summed E-state index contributed by atoms with van der Waals surface area (Å²) in [5.41, 5.74) is -0.730. The maximum absolute atomic E-state index is 12.1. The van der Waals surface area contributed by atoms with Crippen molar-refractivity contribution in [3.63, 3.8) is 0 Å². The van der Waals surface area contributed by atoms with E-state index in [9.17, 15) is 14.8 Å². The van der Waals surface area contributed by atoms with Crippen molar-refractivity contribution in [1.29, 1.82) is 0 Å². The molecule has 0 spiro atoms. The average molecular weight is 244 g/mol. The molecule has 2 aliphatic heterocycles. The van der Waals surface area contributed by atoms with Gasteiger partial charge in [-0.3, -0.25) is 9.78 Å². The Morgan fingerprint density at radius 2 is 2.06 bits per heavy atom. The second-order valence-corrected chi connectivity index (χ2v) is 3.89. The van der Waals surface area contributed by atoms with Gasteiger partial charge in [0.05, 0.1) is 0 Å². The van der Waals surface area contributed by atoms with E-state index in [0.717, 1.165) is 0 Å². The molecule has 0 fully saturated rings. The number of benzene rings is 1. The van der Waals surface area contributed by atoms with Crippen molar-refractivity contribution in [2.45, 2.75) is 0 Å². The fourth-order valence-corrected chi connectivity index (χ4v) is 2.01. The highest BCUT2D eigenvalue weighted by atomic mass is 16.5. The molecule has 0 aliphatic carbocycles. The minimum atomic E-state index is -0.765. The van der Waals surface area contributed by atoms with Crippen LogP contribution in [0.1, 0.15) is 0 Å². The smallest absolute Gasteiger partial charge is 0.350 e. The number of hydrogen-bond donors (Lipinski definition) is 1. The maximum atomic E-state index is 12.1. The quantitative estimate of drug-likeness (QED) is 0.323. The third-order valence-corrected chi connectivity index (χ3v) is 2.84. The third kappa shape index (κ3) is 1.24. The first-order valence-electron chi connectivity index (χ1n) is 5.21. The van der Waals surface area contributed by atoms with E-state index in [4.69, 9.17) is 0 Å². The lowest BCUT2D eigenvalue weighted by molar-refractivity contribution is -0.566. The van der Waals surface area contributed by atoms with Crippen molar-refractivity contribution in [3.05, 3.63) is 50.3 Å². The van der Waals surface area contributed by atoms with Crippen LogP contribution in [0.4, 0.5) is 0 Å². The van der Waals surface area contributed by atoms with E-state index in [2.05, 4.69) is 4.98 Å². The van der Waals surface area contributed by atoms with E-state index < -0.39 is 11.2 Å². The Kier molecular flexibility index (Phi) is 1.97. The summed E-state index contributed by atoms with van der Waals surface area (Å²) < 4.78 is 2.05. The van der Waals surface area contributed by atoms with Gasteiger partial charge in [-0.05, 0) is 6.07 Å². The van der Waals surface area contributed by atoms with Gasteiger partial charge < -0.3 is 9.77 Å². The zero-order valence-electron chi connectivity index (χ0n) is 9.38. The molecule has 0 saturated carbocycles. The van der Waals surface area contributed by atoms with Crippen LogP contribution in [0.25, 0.3) is 22.6 Å². The molecular weight excluding hydrogens is 236 g/mol. The number of hydrogen-bond acceptors (Lipinski definition) is 4.